The van der Waals surface area contributed by atoms with Crippen LogP contribution in [0.15, 0.2) is 24.5 Å². The van der Waals surface area contributed by atoms with Gasteiger partial charge in [0.05, 0.1) is 6.54 Å². The van der Waals surface area contributed by atoms with Gasteiger partial charge in [-0.1, -0.05) is 0 Å². The van der Waals surface area contributed by atoms with Gasteiger partial charge in [0.1, 0.15) is 0 Å². The number of pyridine rings is 1. The van der Waals surface area contributed by atoms with Crippen LogP contribution in [0.4, 0.5) is 0 Å². The summed E-state index contributed by atoms with van der Waals surface area (Å²) in [6, 6.07) is 3.59. The Morgan fingerprint density at radius 1 is 1.29 bits per heavy atom. The number of amides is 2. The Balaban J connectivity index is 1.77. The molecule has 1 aliphatic heterocycles. The van der Waals surface area contributed by atoms with E-state index in [-0.39, 0.29) is 17.9 Å². The van der Waals surface area contributed by atoms with E-state index in [2.05, 4.69) is 15.2 Å². The lowest BCUT2D eigenvalue weighted by atomic mass is 10.0. The quantitative estimate of drug-likeness (QED) is 0.870. The van der Waals surface area contributed by atoms with Crippen molar-refractivity contribution in [3.05, 3.63) is 30.1 Å². The van der Waals surface area contributed by atoms with Crippen molar-refractivity contribution < 1.29 is 9.59 Å². The van der Waals surface area contributed by atoms with E-state index in [9.17, 15) is 9.59 Å². The average Bonchev–Trinajstić information content (AvgIpc) is 2.50. The van der Waals surface area contributed by atoms with Gasteiger partial charge in [0.15, 0.2) is 0 Å². The highest BCUT2D eigenvalue weighted by molar-refractivity contribution is 5.94. The molecule has 1 aliphatic rings. The summed E-state index contributed by atoms with van der Waals surface area (Å²) in [4.78, 5) is 31.4. The van der Waals surface area contributed by atoms with Crippen LogP contribution in [0.2, 0.25) is 0 Å². The van der Waals surface area contributed by atoms with E-state index in [0.29, 0.717) is 12.1 Å². The van der Waals surface area contributed by atoms with E-state index in [1.807, 2.05) is 0 Å². The van der Waals surface area contributed by atoms with Gasteiger partial charge >= 0.3 is 0 Å². The molecule has 0 radical (unpaired) electrons. The minimum Gasteiger partial charge on any atom is -0.349 e. The van der Waals surface area contributed by atoms with Crippen LogP contribution in [0.1, 0.15) is 23.2 Å². The van der Waals surface area contributed by atoms with Crippen LogP contribution in [0, 0.1) is 0 Å². The molecular weight excluding hydrogens is 268 g/mol. The summed E-state index contributed by atoms with van der Waals surface area (Å²) in [6.07, 6.45) is 4.98. The minimum atomic E-state index is -0.0554. The highest BCUT2D eigenvalue weighted by atomic mass is 16.2. The molecule has 6 nitrogen and oxygen atoms in total. The lowest BCUT2D eigenvalue weighted by molar-refractivity contribution is -0.130. The molecule has 2 amide bonds. The van der Waals surface area contributed by atoms with E-state index < -0.39 is 0 Å². The van der Waals surface area contributed by atoms with Crippen LogP contribution in [-0.4, -0.2) is 66.4 Å². The summed E-state index contributed by atoms with van der Waals surface area (Å²) >= 11 is 0. The number of hydrogen-bond acceptors (Lipinski definition) is 4. The number of carbonyl (C=O) groups excluding carboxylic acids is 2. The Kier molecular flexibility index (Phi) is 5.27. The molecule has 2 heterocycles. The van der Waals surface area contributed by atoms with Crippen LogP contribution >= 0.6 is 0 Å². The van der Waals surface area contributed by atoms with Gasteiger partial charge in [-0.05, 0) is 25.0 Å². The van der Waals surface area contributed by atoms with Gasteiger partial charge in [-0.2, -0.15) is 0 Å². The van der Waals surface area contributed by atoms with Crippen molar-refractivity contribution >= 4 is 11.8 Å². The largest absolute Gasteiger partial charge is 0.349 e. The molecule has 0 bridgehead atoms. The molecule has 0 atom stereocenters. The monoisotopic (exact) mass is 290 g/mol. The van der Waals surface area contributed by atoms with Gasteiger partial charge in [-0.25, -0.2) is 0 Å². The van der Waals surface area contributed by atoms with Crippen LogP contribution in [-0.2, 0) is 4.79 Å². The molecule has 21 heavy (non-hydrogen) atoms. The number of nitrogens with one attached hydrogen (secondary N) is 1. The molecular formula is C15H22N4O2. The maximum atomic E-state index is 12.0. The summed E-state index contributed by atoms with van der Waals surface area (Å²) in [6.45, 7) is 2.12. The van der Waals surface area contributed by atoms with E-state index >= 15 is 0 Å². The fourth-order valence-corrected chi connectivity index (χ4v) is 2.34. The Bertz CT molecular complexity index is 482. The highest BCUT2D eigenvalue weighted by Gasteiger charge is 2.22. The van der Waals surface area contributed by atoms with E-state index in [1.54, 1.807) is 43.5 Å². The van der Waals surface area contributed by atoms with Crippen molar-refractivity contribution in [3.63, 3.8) is 0 Å². The van der Waals surface area contributed by atoms with Gasteiger partial charge in [0.2, 0.25) is 5.91 Å². The smallest absolute Gasteiger partial charge is 0.251 e. The Morgan fingerprint density at radius 2 is 1.90 bits per heavy atom. The lowest BCUT2D eigenvalue weighted by Gasteiger charge is -2.32. The number of likely N-dealkylation sites (tertiary alicyclic amines) is 1. The molecule has 1 fully saturated rings. The molecule has 114 valence electrons. The highest BCUT2D eigenvalue weighted by Crippen LogP contribution is 2.11. The Labute approximate surface area is 125 Å². The number of nitrogens with zero attached hydrogens (tertiary/aromatic N) is 3. The predicted molar refractivity (Wildman–Crippen MR) is 79.9 cm³/mol. The summed E-state index contributed by atoms with van der Waals surface area (Å²) in [7, 11) is 3.54. The van der Waals surface area contributed by atoms with Gasteiger partial charge in [0, 0.05) is 51.2 Å². The first-order chi connectivity index (χ1) is 10.1. The van der Waals surface area contributed by atoms with Crippen molar-refractivity contribution in [2.24, 2.45) is 0 Å². The van der Waals surface area contributed by atoms with Crippen molar-refractivity contribution in [2.75, 3.05) is 33.7 Å². The molecule has 1 aromatic heterocycles. The zero-order valence-electron chi connectivity index (χ0n) is 12.6. The second-order valence-electron chi connectivity index (χ2n) is 5.55. The van der Waals surface area contributed by atoms with Crippen LogP contribution < -0.4 is 5.32 Å². The predicted octanol–water partition coefficient (Wildman–Crippen LogP) is 0.364. The molecule has 0 spiro atoms. The van der Waals surface area contributed by atoms with Gasteiger partial charge in [-0.3, -0.25) is 19.5 Å². The molecule has 0 aliphatic carbocycles. The first-order valence-corrected chi connectivity index (χ1v) is 7.19. The third kappa shape index (κ3) is 4.53. The summed E-state index contributed by atoms with van der Waals surface area (Å²) < 4.78 is 0. The molecule has 1 N–H and O–H groups in total. The third-order valence-corrected chi connectivity index (χ3v) is 3.72. The normalized spacial score (nSPS) is 16.5. The van der Waals surface area contributed by atoms with Gasteiger partial charge in [0.25, 0.3) is 5.91 Å². The van der Waals surface area contributed by atoms with Crippen LogP contribution in [0.3, 0.4) is 0 Å². The maximum absolute atomic E-state index is 12.0. The number of rotatable bonds is 4. The van der Waals surface area contributed by atoms with Crippen molar-refractivity contribution in [1.82, 2.24) is 20.1 Å². The average molecular weight is 290 g/mol. The molecule has 0 unspecified atom stereocenters. The van der Waals surface area contributed by atoms with E-state index in [4.69, 9.17) is 0 Å². The van der Waals surface area contributed by atoms with Crippen LogP contribution in [0.25, 0.3) is 0 Å². The number of piperidine rings is 1. The molecule has 2 rings (SSSR count). The molecule has 1 aromatic rings. The summed E-state index contributed by atoms with van der Waals surface area (Å²) in [5.41, 5.74) is 0.634. The topological polar surface area (TPSA) is 65.5 Å². The first-order valence-electron chi connectivity index (χ1n) is 7.19. The van der Waals surface area contributed by atoms with Crippen LogP contribution in [0.5, 0.6) is 0 Å². The fourth-order valence-electron chi connectivity index (χ4n) is 2.34. The Morgan fingerprint density at radius 3 is 2.48 bits per heavy atom. The van der Waals surface area contributed by atoms with E-state index in [0.717, 1.165) is 25.9 Å². The number of likely N-dealkylation sites (N-methyl/N-ethyl adjacent to an activating group) is 1. The lowest BCUT2D eigenvalue weighted by Crippen LogP contribution is -2.47. The number of aromatic nitrogens is 1. The number of carbonyl (C=O) groups is 2. The molecule has 6 heteroatoms. The van der Waals surface area contributed by atoms with Crippen molar-refractivity contribution in [2.45, 2.75) is 18.9 Å². The zero-order chi connectivity index (χ0) is 15.2. The second kappa shape index (κ2) is 7.17. The first kappa shape index (κ1) is 15.4. The standard InChI is InChI=1S/C15H22N4O2/c1-18(2)14(20)11-19-9-5-13(6-10-19)17-15(21)12-3-7-16-8-4-12/h3-4,7-8,13H,5-6,9-11H2,1-2H3,(H,17,21). The molecule has 1 saturated heterocycles. The third-order valence-electron chi connectivity index (χ3n) is 3.72. The minimum absolute atomic E-state index is 0.0554. The fraction of sp³-hybridized carbons (Fsp3) is 0.533. The Hall–Kier alpha value is -1.95. The summed E-state index contributed by atoms with van der Waals surface area (Å²) in [5, 5.41) is 3.04. The van der Waals surface area contributed by atoms with Crippen molar-refractivity contribution in [1.29, 1.82) is 0 Å². The maximum Gasteiger partial charge on any atom is 0.251 e. The SMILES string of the molecule is CN(C)C(=O)CN1CCC(NC(=O)c2ccncc2)CC1. The number of hydrogen-bond donors (Lipinski definition) is 1. The molecule has 0 saturated carbocycles. The van der Waals surface area contributed by atoms with Crippen molar-refractivity contribution in [3.8, 4) is 0 Å². The van der Waals surface area contributed by atoms with Gasteiger partial charge in [-0.15, -0.1) is 0 Å². The van der Waals surface area contributed by atoms with E-state index in [1.165, 1.54) is 0 Å². The summed E-state index contributed by atoms with van der Waals surface area (Å²) in [5.74, 6) is 0.0643. The molecule has 0 aromatic carbocycles. The second-order valence-corrected chi connectivity index (χ2v) is 5.55. The van der Waals surface area contributed by atoms with Gasteiger partial charge < -0.3 is 10.2 Å². The zero-order valence-corrected chi connectivity index (χ0v) is 12.6.